The van der Waals surface area contributed by atoms with Crippen LogP contribution in [0, 0.1) is 5.21 Å². The molecule has 12 heteroatoms. The van der Waals surface area contributed by atoms with Crippen LogP contribution in [0.2, 0.25) is 0 Å². The highest BCUT2D eigenvalue weighted by atomic mass is 32.1. The maximum Gasteiger partial charge on any atom is 0.390 e. The number of oxime groups is 1. The average molecular weight is 390 g/mol. The Morgan fingerprint density at radius 1 is 1.41 bits per heavy atom. The first-order valence-electron chi connectivity index (χ1n) is 7.54. The van der Waals surface area contributed by atoms with Crippen LogP contribution in [-0.2, 0) is 9.63 Å². The van der Waals surface area contributed by atoms with E-state index in [1.54, 1.807) is 12.1 Å². The van der Waals surface area contributed by atoms with Gasteiger partial charge >= 0.3 is 11.9 Å². The summed E-state index contributed by atoms with van der Waals surface area (Å²) in [4.78, 5) is 33.5. The second-order valence-electron chi connectivity index (χ2n) is 5.89. The van der Waals surface area contributed by atoms with Gasteiger partial charge in [0, 0.05) is 5.38 Å². The third-order valence-corrected chi connectivity index (χ3v) is 4.20. The molecule has 27 heavy (non-hydrogen) atoms. The van der Waals surface area contributed by atoms with Crippen molar-refractivity contribution >= 4 is 45.1 Å². The van der Waals surface area contributed by atoms with Crippen molar-refractivity contribution in [1.29, 1.82) is 0 Å². The Morgan fingerprint density at radius 2 is 2.11 bits per heavy atom. The molecule has 0 aliphatic rings. The summed E-state index contributed by atoms with van der Waals surface area (Å²) >= 11 is 1.06. The average Bonchev–Trinajstić information content (AvgIpc) is 3.19. The van der Waals surface area contributed by atoms with Crippen LogP contribution in [-0.4, -0.2) is 43.2 Å². The third-order valence-electron chi connectivity index (χ3n) is 3.53. The first-order valence-corrected chi connectivity index (χ1v) is 8.42. The van der Waals surface area contributed by atoms with Gasteiger partial charge in [0.2, 0.25) is 22.3 Å². The van der Waals surface area contributed by atoms with Gasteiger partial charge in [-0.2, -0.15) is 0 Å². The van der Waals surface area contributed by atoms with E-state index in [0.29, 0.717) is 4.85 Å². The van der Waals surface area contributed by atoms with Crippen LogP contribution >= 0.6 is 11.3 Å². The minimum absolute atomic E-state index is 0.0701. The van der Waals surface area contributed by atoms with E-state index >= 15 is 0 Å². The maximum absolute atomic E-state index is 13.0. The van der Waals surface area contributed by atoms with E-state index in [1.165, 1.54) is 31.4 Å². The number of para-hydroxylation sites is 2. The number of carboxylic acid groups (broad SMARTS) is 1. The van der Waals surface area contributed by atoms with Gasteiger partial charge in [0.25, 0.3) is 0 Å². The van der Waals surface area contributed by atoms with Crippen LogP contribution in [0.15, 0.2) is 34.8 Å². The minimum atomic E-state index is -1.70. The Hall–Kier alpha value is -3.54. The number of aliphatic carboxylic acids is 1. The Balaban J connectivity index is 2.09. The SMILES string of the molecule is CC(C)(O/N=C(\C(=O)n1n[n+]([O-])c2ccccc21)c1csc(N)n1)C(=O)O. The number of nitrogens with two attached hydrogens (primary N) is 1. The number of hydrogen-bond donors (Lipinski definition) is 2. The fraction of sp³-hybridized carbons (Fsp3) is 0.200. The molecular weight excluding hydrogens is 376 g/mol. The predicted octanol–water partition coefficient (Wildman–Crippen LogP) is 0.633. The number of anilines is 1. The third kappa shape index (κ3) is 3.42. The van der Waals surface area contributed by atoms with Gasteiger partial charge in [-0.15, -0.1) is 16.2 Å². The summed E-state index contributed by atoms with van der Waals surface area (Å²) in [6.45, 7) is 2.54. The zero-order chi connectivity index (χ0) is 19.8. The number of fused-ring (bicyclic) bond motifs is 1. The summed E-state index contributed by atoms with van der Waals surface area (Å²) in [5.41, 5.74) is 4.06. The van der Waals surface area contributed by atoms with Gasteiger partial charge in [-0.05, 0) is 26.0 Å². The van der Waals surface area contributed by atoms with Crippen LogP contribution in [0.1, 0.15) is 24.3 Å². The molecule has 0 unspecified atom stereocenters. The largest absolute Gasteiger partial charge is 0.691 e. The van der Waals surface area contributed by atoms with Crippen molar-refractivity contribution in [3.05, 3.63) is 40.5 Å². The topological polar surface area (TPSA) is 160 Å². The van der Waals surface area contributed by atoms with E-state index in [1.807, 2.05) is 0 Å². The molecule has 0 saturated heterocycles. The zero-order valence-corrected chi connectivity index (χ0v) is 15.0. The molecule has 0 fully saturated rings. The summed E-state index contributed by atoms with van der Waals surface area (Å²) in [5, 5.41) is 30.0. The molecule has 3 N–H and O–H groups in total. The second kappa shape index (κ2) is 6.64. The molecule has 0 aliphatic heterocycles. The van der Waals surface area contributed by atoms with Crippen molar-refractivity contribution in [2.24, 2.45) is 5.16 Å². The summed E-state index contributed by atoms with van der Waals surface area (Å²) in [7, 11) is 0. The van der Waals surface area contributed by atoms with Crippen molar-refractivity contribution in [3.8, 4) is 0 Å². The highest BCUT2D eigenvalue weighted by molar-refractivity contribution is 7.13. The molecule has 0 bridgehead atoms. The lowest BCUT2D eigenvalue weighted by Crippen LogP contribution is -2.35. The van der Waals surface area contributed by atoms with Crippen LogP contribution in [0.25, 0.3) is 11.0 Å². The van der Waals surface area contributed by atoms with Crippen molar-refractivity contribution in [2.75, 3.05) is 5.73 Å². The molecule has 0 spiro atoms. The molecule has 3 aromatic rings. The van der Waals surface area contributed by atoms with Gasteiger partial charge in [-0.1, -0.05) is 22.0 Å². The summed E-state index contributed by atoms with van der Waals surface area (Å²) < 4.78 is 0.841. The van der Waals surface area contributed by atoms with Crippen LogP contribution < -0.4 is 10.6 Å². The first kappa shape index (κ1) is 18.3. The maximum atomic E-state index is 13.0. The van der Waals surface area contributed by atoms with Gasteiger partial charge in [0.15, 0.2) is 5.13 Å². The van der Waals surface area contributed by atoms with E-state index in [-0.39, 0.29) is 27.6 Å². The molecule has 0 saturated carbocycles. The van der Waals surface area contributed by atoms with E-state index in [2.05, 4.69) is 15.4 Å². The lowest BCUT2D eigenvalue weighted by Gasteiger charge is -2.16. The monoisotopic (exact) mass is 390 g/mol. The lowest BCUT2D eigenvalue weighted by atomic mass is 10.1. The normalized spacial score (nSPS) is 12.3. The fourth-order valence-electron chi connectivity index (χ4n) is 2.02. The second-order valence-corrected chi connectivity index (χ2v) is 6.78. The summed E-state index contributed by atoms with van der Waals surface area (Å²) in [6, 6.07) is 6.29. The van der Waals surface area contributed by atoms with Crippen molar-refractivity contribution in [2.45, 2.75) is 19.4 Å². The van der Waals surface area contributed by atoms with E-state index < -0.39 is 17.5 Å². The predicted molar refractivity (Wildman–Crippen MR) is 95.2 cm³/mol. The number of carboxylic acids is 1. The molecule has 0 radical (unpaired) electrons. The Bertz CT molecular complexity index is 1070. The molecule has 3 rings (SSSR count). The quantitative estimate of drug-likeness (QED) is 0.278. The molecule has 2 aromatic heterocycles. The number of benzene rings is 1. The first-order chi connectivity index (χ1) is 12.7. The number of carbonyl (C=O) groups is 2. The number of nitrogen functional groups attached to an aromatic ring is 1. The molecule has 2 heterocycles. The number of carbonyl (C=O) groups excluding carboxylic acids is 1. The minimum Gasteiger partial charge on any atom is -0.691 e. The van der Waals surface area contributed by atoms with Gasteiger partial charge in [-0.3, -0.25) is 0 Å². The van der Waals surface area contributed by atoms with Gasteiger partial charge < -0.3 is 20.9 Å². The van der Waals surface area contributed by atoms with E-state index in [4.69, 9.17) is 15.7 Å². The van der Waals surface area contributed by atoms with Crippen LogP contribution in [0.5, 0.6) is 0 Å². The lowest BCUT2D eigenvalue weighted by molar-refractivity contribution is -0.645. The molecular formula is C15H14N6O5S. The van der Waals surface area contributed by atoms with E-state index in [9.17, 15) is 14.8 Å². The fourth-order valence-corrected chi connectivity index (χ4v) is 2.57. The number of hydrogen-bond acceptors (Lipinski definition) is 9. The standard InChI is InChI=1S/C15H14N6O5S/c1-15(2,13(23)24)26-18-11(8-7-27-14(16)17-8)12(22)20-9-5-3-4-6-10(9)21(25)19-20/h3-7H,1-2H3,(H2,16,17)(H,23,24)/b18-11-. The zero-order valence-electron chi connectivity index (χ0n) is 14.2. The van der Waals surface area contributed by atoms with E-state index in [0.717, 1.165) is 16.0 Å². The molecule has 11 nitrogen and oxygen atoms in total. The Kier molecular flexibility index (Phi) is 4.49. The Labute approximate surface area is 155 Å². The van der Waals surface area contributed by atoms with Crippen LogP contribution in [0.4, 0.5) is 5.13 Å². The number of nitrogens with zero attached hydrogens (tertiary/aromatic N) is 5. The van der Waals surface area contributed by atoms with Crippen LogP contribution in [0.3, 0.4) is 0 Å². The number of aromatic nitrogens is 4. The number of rotatable bonds is 5. The smallest absolute Gasteiger partial charge is 0.390 e. The molecule has 140 valence electrons. The highest BCUT2D eigenvalue weighted by Gasteiger charge is 2.33. The molecule has 0 amide bonds. The summed E-state index contributed by atoms with van der Waals surface area (Å²) in [5.74, 6) is -2.11. The van der Waals surface area contributed by atoms with Crippen molar-refractivity contribution in [3.63, 3.8) is 0 Å². The molecule has 0 aliphatic carbocycles. The molecule has 0 atom stereocenters. The van der Waals surface area contributed by atoms with Gasteiger partial charge in [0.05, 0.1) is 0 Å². The van der Waals surface area contributed by atoms with Crippen molar-refractivity contribution in [1.82, 2.24) is 14.9 Å². The Morgan fingerprint density at radius 3 is 2.74 bits per heavy atom. The van der Waals surface area contributed by atoms with Gasteiger partial charge in [0.1, 0.15) is 10.9 Å². The number of thiazole rings is 1. The molecule has 1 aromatic carbocycles. The highest BCUT2D eigenvalue weighted by Crippen LogP contribution is 2.17. The van der Waals surface area contributed by atoms with Crippen molar-refractivity contribution < 1.29 is 24.4 Å². The van der Waals surface area contributed by atoms with Gasteiger partial charge in [-0.25, -0.2) is 14.6 Å². The summed E-state index contributed by atoms with van der Waals surface area (Å²) in [6.07, 6.45) is 0.